The first-order chi connectivity index (χ1) is 8.67. The van der Waals surface area contributed by atoms with Gasteiger partial charge in [0, 0.05) is 11.4 Å². The number of hydrogen-bond donors (Lipinski definition) is 1. The number of ether oxygens (including phenoxy) is 1. The minimum absolute atomic E-state index is 0.173. The quantitative estimate of drug-likeness (QED) is 0.747. The lowest BCUT2D eigenvalue weighted by Crippen LogP contribution is -2.38. The number of carbonyl (C=O) groups is 1. The third-order valence-electron chi connectivity index (χ3n) is 2.72. The lowest BCUT2D eigenvalue weighted by Gasteiger charge is -2.15. The van der Waals surface area contributed by atoms with Crippen molar-refractivity contribution in [3.05, 3.63) is 21.3 Å². The second-order valence-corrected chi connectivity index (χ2v) is 5.93. The van der Waals surface area contributed by atoms with E-state index in [2.05, 4.69) is 12.2 Å². The fourth-order valence-corrected chi connectivity index (χ4v) is 2.80. The summed E-state index contributed by atoms with van der Waals surface area (Å²) in [5.74, 6) is -0.173. The zero-order chi connectivity index (χ0) is 13.4. The van der Waals surface area contributed by atoms with E-state index in [0.29, 0.717) is 0 Å². The molecule has 0 amide bonds. The average molecular weight is 290 g/mol. The topological polar surface area (TPSA) is 38.3 Å². The highest BCUT2D eigenvalue weighted by Gasteiger charge is 2.17. The fourth-order valence-electron chi connectivity index (χ4n) is 1.71. The molecule has 1 aromatic heterocycles. The van der Waals surface area contributed by atoms with Crippen molar-refractivity contribution in [2.24, 2.45) is 0 Å². The molecule has 1 atom stereocenters. The van der Waals surface area contributed by atoms with Gasteiger partial charge in [-0.05, 0) is 25.0 Å². The van der Waals surface area contributed by atoms with Crippen LogP contribution in [0.5, 0.6) is 0 Å². The molecule has 0 saturated heterocycles. The van der Waals surface area contributed by atoms with Gasteiger partial charge >= 0.3 is 5.97 Å². The van der Waals surface area contributed by atoms with Crippen LogP contribution in [-0.4, -0.2) is 25.7 Å². The van der Waals surface area contributed by atoms with Gasteiger partial charge in [-0.1, -0.05) is 31.4 Å². The fraction of sp³-hybridized carbons (Fsp3) is 0.615. The van der Waals surface area contributed by atoms with Crippen LogP contribution in [-0.2, 0) is 16.0 Å². The van der Waals surface area contributed by atoms with Crippen LogP contribution in [0.4, 0.5) is 0 Å². The maximum absolute atomic E-state index is 11.6. The van der Waals surface area contributed by atoms with Crippen LogP contribution in [0.15, 0.2) is 12.1 Å². The first-order valence-corrected chi connectivity index (χ1v) is 7.42. The standard InChI is InChI=1S/C13H20ClNO2S/c1-3-4-5-11(13(16)17-2)15-9-8-10-6-7-12(14)18-10/h6-7,11,15H,3-5,8-9H2,1-2H3. The second kappa shape index (κ2) is 8.51. The van der Waals surface area contributed by atoms with Crippen molar-refractivity contribution in [3.63, 3.8) is 0 Å². The zero-order valence-corrected chi connectivity index (χ0v) is 12.4. The number of methoxy groups -OCH3 is 1. The Kier molecular flexibility index (Phi) is 7.32. The largest absolute Gasteiger partial charge is 0.468 e. The predicted octanol–water partition coefficient (Wildman–Crippen LogP) is 3.27. The lowest BCUT2D eigenvalue weighted by atomic mass is 10.1. The molecule has 3 nitrogen and oxygen atoms in total. The lowest BCUT2D eigenvalue weighted by molar-refractivity contribution is -0.143. The number of carbonyl (C=O) groups excluding carboxylic acids is 1. The van der Waals surface area contributed by atoms with Crippen LogP contribution in [0.1, 0.15) is 31.1 Å². The average Bonchev–Trinajstić information content (AvgIpc) is 2.78. The van der Waals surface area contributed by atoms with Crippen molar-refractivity contribution in [1.29, 1.82) is 0 Å². The Morgan fingerprint density at radius 2 is 2.33 bits per heavy atom. The summed E-state index contributed by atoms with van der Waals surface area (Å²) >= 11 is 7.45. The van der Waals surface area contributed by atoms with Crippen LogP contribution in [0, 0.1) is 0 Å². The first kappa shape index (κ1) is 15.5. The van der Waals surface area contributed by atoms with Gasteiger partial charge in [-0.2, -0.15) is 0 Å². The third kappa shape index (κ3) is 5.38. The minimum atomic E-state index is -0.189. The molecule has 0 spiro atoms. The van der Waals surface area contributed by atoms with E-state index < -0.39 is 0 Å². The summed E-state index contributed by atoms with van der Waals surface area (Å²) in [4.78, 5) is 12.8. The molecule has 1 unspecified atom stereocenters. The molecule has 1 N–H and O–H groups in total. The van der Waals surface area contributed by atoms with Crippen molar-refractivity contribution < 1.29 is 9.53 Å². The Morgan fingerprint density at radius 1 is 1.56 bits per heavy atom. The van der Waals surface area contributed by atoms with Gasteiger partial charge in [-0.15, -0.1) is 11.3 Å². The van der Waals surface area contributed by atoms with Gasteiger partial charge in [0.1, 0.15) is 6.04 Å². The summed E-state index contributed by atoms with van der Waals surface area (Å²) in [6, 6.07) is 3.73. The van der Waals surface area contributed by atoms with E-state index in [1.807, 2.05) is 12.1 Å². The van der Waals surface area contributed by atoms with Crippen molar-refractivity contribution in [2.45, 2.75) is 38.6 Å². The summed E-state index contributed by atoms with van der Waals surface area (Å²) in [5.41, 5.74) is 0. The van der Waals surface area contributed by atoms with Crippen molar-refractivity contribution in [1.82, 2.24) is 5.32 Å². The highest BCUT2D eigenvalue weighted by Crippen LogP contribution is 2.21. The van der Waals surface area contributed by atoms with E-state index in [-0.39, 0.29) is 12.0 Å². The predicted molar refractivity (Wildman–Crippen MR) is 76.4 cm³/mol. The van der Waals surface area contributed by atoms with Crippen LogP contribution in [0.2, 0.25) is 4.34 Å². The van der Waals surface area contributed by atoms with Crippen molar-refractivity contribution in [3.8, 4) is 0 Å². The highest BCUT2D eigenvalue weighted by atomic mass is 35.5. The number of esters is 1. The molecule has 0 aromatic carbocycles. The molecule has 0 bridgehead atoms. The third-order valence-corrected chi connectivity index (χ3v) is 4.01. The number of thiophene rings is 1. The summed E-state index contributed by atoms with van der Waals surface area (Å²) in [6.07, 6.45) is 3.82. The number of hydrogen-bond acceptors (Lipinski definition) is 4. The Balaban J connectivity index is 2.34. The Hall–Kier alpha value is -0.580. The van der Waals surface area contributed by atoms with E-state index in [0.717, 1.165) is 36.6 Å². The van der Waals surface area contributed by atoms with E-state index in [1.165, 1.54) is 12.0 Å². The number of unbranched alkanes of at least 4 members (excludes halogenated alkanes) is 1. The molecular weight excluding hydrogens is 270 g/mol. The summed E-state index contributed by atoms with van der Waals surface area (Å²) in [6.45, 7) is 2.88. The van der Waals surface area contributed by atoms with Crippen LogP contribution < -0.4 is 5.32 Å². The van der Waals surface area contributed by atoms with Gasteiger partial charge in [0.15, 0.2) is 0 Å². The van der Waals surface area contributed by atoms with E-state index >= 15 is 0 Å². The van der Waals surface area contributed by atoms with Crippen molar-refractivity contribution >= 4 is 28.9 Å². The number of nitrogens with one attached hydrogen (secondary N) is 1. The normalized spacial score (nSPS) is 12.4. The molecular formula is C13H20ClNO2S. The molecule has 0 aliphatic rings. The highest BCUT2D eigenvalue weighted by molar-refractivity contribution is 7.16. The zero-order valence-electron chi connectivity index (χ0n) is 10.9. The Morgan fingerprint density at radius 3 is 2.89 bits per heavy atom. The Labute approximate surface area is 117 Å². The van der Waals surface area contributed by atoms with Gasteiger partial charge in [-0.3, -0.25) is 4.79 Å². The smallest absolute Gasteiger partial charge is 0.322 e. The van der Waals surface area contributed by atoms with E-state index in [9.17, 15) is 4.79 Å². The van der Waals surface area contributed by atoms with Gasteiger partial charge in [0.25, 0.3) is 0 Å². The molecule has 1 heterocycles. The molecule has 0 aliphatic heterocycles. The van der Waals surface area contributed by atoms with E-state index in [4.69, 9.17) is 16.3 Å². The summed E-state index contributed by atoms with van der Waals surface area (Å²) in [7, 11) is 1.43. The SMILES string of the molecule is CCCCC(NCCc1ccc(Cl)s1)C(=O)OC. The van der Waals surface area contributed by atoms with Gasteiger partial charge in [-0.25, -0.2) is 0 Å². The molecule has 102 valence electrons. The van der Waals surface area contributed by atoms with Crippen molar-refractivity contribution in [2.75, 3.05) is 13.7 Å². The minimum Gasteiger partial charge on any atom is -0.468 e. The van der Waals surface area contributed by atoms with Crippen LogP contribution >= 0.6 is 22.9 Å². The van der Waals surface area contributed by atoms with Gasteiger partial charge < -0.3 is 10.1 Å². The van der Waals surface area contributed by atoms with E-state index in [1.54, 1.807) is 11.3 Å². The van der Waals surface area contributed by atoms with Crippen LogP contribution in [0.25, 0.3) is 0 Å². The Bertz CT molecular complexity index is 368. The van der Waals surface area contributed by atoms with Gasteiger partial charge in [0.2, 0.25) is 0 Å². The van der Waals surface area contributed by atoms with Gasteiger partial charge in [0.05, 0.1) is 11.4 Å². The number of halogens is 1. The maximum atomic E-state index is 11.6. The molecule has 5 heteroatoms. The second-order valence-electron chi connectivity index (χ2n) is 4.13. The van der Waals surface area contributed by atoms with Crippen LogP contribution in [0.3, 0.4) is 0 Å². The molecule has 0 saturated carbocycles. The molecule has 1 aromatic rings. The molecule has 0 radical (unpaired) electrons. The molecule has 0 aliphatic carbocycles. The molecule has 1 rings (SSSR count). The maximum Gasteiger partial charge on any atom is 0.322 e. The first-order valence-electron chi connectivity index (χ1n) is 6.22. The number of rotatable bonds is 8. The summed E-state index contributed by atoms with van der Waals surface area (Å²) < 4.78 is 5.60. The monoisotopic (exact) mass is 289 g/mol. The molecule has 0 fully saturated rings. The molecule has 18 heavy (non-hydrogen) atoms. The summed E-state index contributed by atoms with van der Waals surface area (Å²) in [5, 5.41) is 3.25.